The number of esters is 2. The molecule has 0 aromatic rings. The Morgan fingerprint density at radius 2 is 1.14 bits per heavy atom. The van der Waals surface area contributed by atoms with E-state index in [0.717, 1.165) is 0 Å². The van der Waals surface area contributed by atoms with Crippen LogP contribution in [0.2, 0.25) is 0 Å². The summed E-state index contributed by atoms with van der Waals surface area (Å²) in [5.41, 5.74) is 5.00. The molecule has 2 atom stereocenters. The molecule has 12 heteroatoms. The van der Waals surface area contributed by atoms with E-state index in [0.29, 0.717) is 13.0 Å². The van der Waals surface area contributed by atoms with E-state index in [1.54, 1.807) is 27.7 Å². The largest absolute Gasteiger partial charge is 0.481 e. The van der Waals surface area contributed by atoms with E-state index in [1.165, 1.54) is 14.2 Å². The molecule has 0 unspecified atom stereocenters. The number of amides is 1. The molecule has 212 valence electrons. The summed E-state index contributed by atoms with van der Waals surface area (Å²) < 4.78 is 8.72. The summed E-state index contributed by atoms with van der Waals surface area (Å²) in [5, 5.41) is 11.1. The maximum atomic E-state index is 11.6. The number of ketones is 2. The number of hydrogen-bond donors (Lipinski definition) is 3. The van der Waals surface area contributed by atoms with Crippen molar-refractivity contribution in [2.24, 2.45) is 29.4 Å². The van der Waals surface area contributed by atoms with Gasteiger partial charge in [-0.2, -0.15) is 0 Å². The predicted octanol–water partition coefficient (Wildman–Crippen LogP) is 2.17. The Labute approximate surface area is 220 Å². The molecular formula is C24H45ClN2O9. The van der Waals surface area contributed by atoms with Crippen LogP contribution in [0.3, 0.4) is 0 Å². The van der Waals surface area contributed by atoms with Crippen molar-refractivity contribution in [3.8, 4) is 0 Å². The minimum atomic E-state index is -0.904. The fourth-order valence-electron chi connectivity index (χ4n) is 2.04. The zero-order chi connectivity index (χ0) is 28.1. The normalized spacial score (nSPS) is 11.3. The minimum absolute atomic E-state index is 0. The zero-order valence-corrected chi connectivity index (χ0v) is 23.6. The molecule has 0 spiro atoms. The van der Waals surface area contributed by atoms with Gasteiger partial charge in [-0.15, -0.1) is 12.4 Å². The number of ether oxygens (including phenoxy) is 2. The number of hydrogen-bond acceptors (Lipinski definition) is 9. The number of Topliss-reactive ketones (excluding diaryl/α,β-unsaturated/α-hetero) is 2. The van der Waals surface area contributed by atoms with Crippen molar-refractivity contribution >= 4 is 47.8 Å². The summed E-state index contributed by atoms with van der Waals surface area (Å²) in [4.78, 5) is 65.2. The van der Waals surface area contributed by atoms with Crippen LogP contribution in [0.1, 0.15) is 67.2 Å². The molecule has 0 radical (unpaired) electrons. The highest BCUT2D eigenvalue weighted by Crippen LogP contribution is 2.09. The maximum absolute atomic E-state index is 11.6. The second kappa shape index (κ2) is 24.2. The summed E-state index contributed by atoms with van der Waals surface area (Å²) in [6.45, 7) is 11.0. The van der Waals surface area contributed by atoms with Crippen LogP contribution < -0.4 is 11.1 Å². The van der Waals surface area contributed by atoms with Gasteiger partial charge in [0.15, 0.2) is 0 Å². The number of carbonyl (C=O) groups is 6. The monoisotopic (exact) mass is 540 g/mol. The number of carboxylic acid groups (broad SMARTS) is 1. The Morgan fingerprint density at radius 1 is 0.750 bits per heavy atom. The minimum Gasteiger partial charge on any atom is -0.481 e. The van der Waals surface area contributed by atoms with Gasteiger partial charge in [0.25, 0.3) is 0 Å². The zero-order valence-electron chi connectivity index (χ0n) is 22.8. The van der Waals surface area contributed by atoms with Crippen LogP contribution in [0.25, 0.3) is 0 Å². The molecule has 36 heavy (non-hydrogen) atoms. The average molecular weight is 541 g/mol. The van der Waals surface area contributed by atoms with Gasteiger partial charge in [0.05, 0.1) is 33.0 Å². The third kappa shape index (κ3) is 24.6. The number of carbonyl (C=O) groups excluding carboxylic acids is 5. The molecule has 0 rings (SSSR count). The lowest BCUT2D eigenvalue weighted by Crippen LogP contribution is -2.32. The first-order valence-corrected chi connectivity index (χ1v) is 11.5. The van der Waals surface area contributed by atoms with Crippen molar-refractivity contribution in [3.05, 3.63) is 0 Å². The molecule has 1 amide bonds. The molecular weight excluding hydrogens is 496 g/mol. The smallest absolute Gasteiger partial charge is 0.307 e. The first-order chi connectivity index (χ1) is 16.1. The van der Waals surface area contributed by atoms with Crippen molar-refractivity contribution < 1.29 is 43.3 Å². The second-order valence-electron chi connectivity index (χ2n) is 8.52. The number of halogens is 1. The second-order valence-corrected chi connectivity index (χ2v) is 8.52. The first-order valence-electron chi connectivity index (χ1n) is 11.5. The summed E-state index contributed by atoms with van der Waals surface area (Å²) in [5.74, 6) is -2.66. The standard InChI is InChI=1S/C12H21NO4.C8H14O3.C4H9NO2.ClH/c1-8(2)10(14)7-9(3)12(16)13-6-5-11(15)17-4;1-5(2)7(9)4-6(3)8(10)11;1-7-4(6)2-3-5;/h8-9H,5-7H2,1-4H3,(H,13,16);5-6H,4H2,1-3H3,(H,10,11);2-3,5H2,1H3;1H/t9-;6-;;/m11../s1. The highest BCUT2D eigenvalue weighted by atomic mass is 35.5. The molecule has 0 aliphatic heterocycles. The van der Waals surface area contributed by atoms with Crippen LogP contribution in [0.4, 0.5) is 0 Å². The van der Waals surface area contributed by atoms with E-state index < -0.39 is 11.9 Å². The van der Waals surface area contributed by atoms with Crippen molar-refractivity contribution in [1.29, 1.82) is 0 Å². The van der Waals surface area contributed by atoms with E-state index in [2.05, 4.69) is 14.8 Å². The van der Waals surface area contributed by atoms with Crippen molar-refractivity contribution in [2.75, 3.05) is 27.3 Å². The van der Waals surface area contributed by atoms with Gasteiger partial charge in [-0.1, -0.05) is 41.5 Å². The number of rotatable bonds is 13. The Morgan fingerprint density at radius 3 is 1.44 bits per heavy atom. The van der Waals surface area contributed by atoms with Gasteiger partial charge in [0.2, 0.25) is 5.91 Å². The fraction of sp³-hybridized carbons (Fsp3) is 0.750. The SMILES string of the molecule is CC(C)C(=O)C[C@@H](C)C(=O)O.COC(=O)CCN.COC(=O)CCNC(=O)[C@H](C)CC(=O)C(C)C.Cl. The Bertz CT molecular complexity index is 682. The third-order valence-electron chi connectivity index (χ3n) is 4.60. The first kappa shape index (κ1) is 40.6. The van der Waals surface area contributed by atoms with E-state index in [4.69, 9.17) is 10.8 Å². The van der Waals surface area contributed by atoms with Gasteiger partial charge in [0, 0.05) is 43.7 Å². The van der Waals surface area contributed by atoms with Crippen LogP contribution in [0, 0.1) is 23.7 Å². The molecule has 0 saturated heterocycles. The van der Waals surface area contributed by atoms with Gasteiger partial charge in [0.1, 0.15) is 11.6 Å². The molecule has 0 heterocycles. The highest BCUT2D eigenvalue weighted by molar-refractivity contribution is 5.87. The molecule has 0 bridgehead atoms. The van der Waals surface area contributed by atoms with Crippen LogP contribution >= 0.6 is 12.4 Å². The van der Waals surface area contributed by atoms with Crippen LogP contribution in [-0.4, -0.2) is 67.8 Å². The molecule has 0 aromatic heterocycles. The quantitative estimate of drug-likeness (QED) is 0.293. The Hall–Kier alpha value is -2.53. The van der Waals surface area contributed by atoms with Crippen molar-refractivity contribution in [3.63, 3.8) is 0 Å². The number of carboxylic acids is 1. The van der Waals surface area contributed by atoms with E-state index in [9.17, 15) is 28.8 Å². The summed E-state index contributed by atoms with van der Waals surface area (Å²) in [6.07, 6.45) is 0.846. The summed E-state index contributed by atoms with van der Waals surface area (Å²) in [7, 11) is 2.64. The molecule has 4 N–H and O–H groups in total. The molecule has 0 fully saturated rings. The van der Waals surface area contributed by atoms with E-state index >= 15 is 0 Å². The molecule has 0 aromatic carbocycles. The van der Waals surface area contributed by atoms with Crippen molar-refractivity contribution in [1.82, 2.24) is 5.32 Å². The van der Waals surface area contributed by atoms with Gasteiger partial charge >= 0.3 is 17.9 Å². The highest BCUT2D eigenvalue weighted by Gasteiger charge is 2.19. The Kier molecular flexibility index (Phi) is 27.3. The average Bonchev–Trinajstić information content (AvgIpc) is 2.79. The Balaban J connectivity index is -0.000000232. The summed E-state index contributed by atoms with van der Waals surface area (Å²) >= 11 is 0. The molecule has 0 aliphatic rings. The fourth-order valence-corrected chi connectivity index (χ4v) is 2.04. The number of aliphatic carboxylic acids is 1. The number of nitrogens with one attached hydrogen (secondary N) is 1. The number of nitrogens with two attached hydrogens (primary N) is 1. The third-order valence-corrected chi connectivity index (χ3v) is 4.60. The number of methoxy groups -OCH3 is 2. The van der Waals surface area contributed by atoms with Gasteiger partial charge in [-0.3, -0.25) is 28.8 Å². The van der Waals surface area contributed by atoms with Gasteiger partial charge < -0.3 is 25.6 Å². The van der Waals surface area contributed by atoms with E-state index in [1.807, 2.05) is 13.8 Å². The van der Waals surface area contributed by atoms with Crippen LogP contribution in [-0.2, 0) is 38.2 Å². The van der Waals surface area contributed by atoms with Crippen LogP contribution in [0.15, 0.2) is 0 Å². The molecule has 0 saturated carbocycles. The van der Waals surface area contributed by atoms with Gasteiger partial charge in [-0.05, 0) is 0 Å². The lowest BCUT2D eigenvalue weighted by atomic mass is 9.97. The molecule has 11 nitrogen and oxygen atoms in total. The topological polar surface area (TPSA) is 179 Å². The maximum Gasteiger partial charge on any atom is 0.307 e. The molecule has 0 aliphatic carbocycles. The van der Waals surface area contributed by atoms with Crippen molar-refractivity contribution in [2.45, 2.75) is 67.2 Å². The van der Waals surface area contributed by atoms with Crippen LogP contribution in [0.5, 0.6) is 0 Å². The summed E-state index contributed by atoms with van der Waals surface area (Å²) in [6, 6.07) is 0. The van der Waals surface area contributed by atoms with Gasteiger partial charge in [-0.25, -0.2) is 0 Å². The predicted molar refractivity (Wildman–Crippen MR) is 137 cm³/mol. The van der Waals surface area contributed by atoms with E-state index in [-0.39, 0.29) is 85.4 Å². The lowest BCUT2D eigenvalue weighted by molar-refractivity contribution is -0.143. The lowest BCUT2D eigenvalue weighted by Gasteiger charge is -2.12.